The zero-order valence-corrected chi connectivity index (χ0v) is 17.6. The molecule has 0 amide bonds. The number of rotatable bonds is 7. The fourth-order valence-corrected chi connectivity index (χ4v) is 4.30. The number of benzene rings is 3. The highest BCUT2D eigenvalue weighted by molar-refractivity contribution is 7.80. The lowest BCUT2D eigenvalue weighted by molar-refractivity contribution is 0.437. The molecule has 0 saturated heterocycles. The van der Waals surface area contributed by atoms with E-state index in [-0.39, 0.29) is 5.41 Å². The minimum absolute atomic E-state index is 0.0678. The zero-order chi connectivity index (χ0) is 19.3. The van der Waals surface area contributed by atoms with Crippen molar-refractivity contribution in [3.05, 3.63) is 83.9 Å². The molecule has 0 aliphatic carbocycles. The van der Waals surface area contributed by atoms with Crippen molar-refractivity contribution in [3.63, 3.8) is 0 Å². The molecule has 2 heteroatoms. The maximum atomic E-state index is 4.52. The molecule has 0 radical (unpaired) electrons. The van der Waals surface area contributed by atoms with Crippen LogP contribution in [0, 0.1) is 0 Å². The number of hydrogen-bond acceptors (Lipinski definition) is 1. The highest BCUT2D eigenvalue weighted by atomic mass is 32.1. The smallest absolute Gasteiger partial charge is 0.139 e. The third kappa shape index (κ3) is 4.33. The summed E-state index contributed by atoms with van der Waals surface area (Å²) in [7, 11) is 2.16. The summed E-state index contributed by atoms with van der Waals surface area (Å²) in [6, 6.07) is 26.7. The van der Waals surface area contributed by atoms with E-state index < -0.39 is 0 Å². The van der Waals surface area contributed by atoms with Gasteiger partial charge in [0.1, 0.15) is 7.85 Å². The first-order valence-corrected chi connectivity index (χ1v) is 10.5. The highest BCUT2D eigenvalue weighted by Gasteiger charge is 2.32. The van der Waals surface area contributed by atoms with Gasteiger partial charge in [-0.1, -0.05) is 92.8 Å². The molecule has 0 aliphatic heterocycles. The average molecular weight is 372 g/mol. The van der Waals surface area contributed by atoms with Crippen molar-refractivity contribution in [1.29, 1.82) is 0 Å². The van der Waals surface area contributed by atoms with Gasteiger partial charge in [0.15, 0.2) is 0 Å². The normalized spacial score (nSPS) is 13.3. The van der Waals surface area contributed by atoms with Gasteiger partial charge in [-0.15, -0.1) is 12.6 Å². The summed E-state index contributed by atoms with van der Waals surface area (Å²) in [6.07, 6.45) is 4.73. The zero-order valence-electron chi connectivity index (χ0n) is 16.7. The largest absolute Gasteiger partial charge is 0.143 e. The molecule has 0 aromatic heterocycles. The molecule has 0 fully saturated rings. The van der Waals surface area contributed by atoms with Crippen molar-refractivity contribution in [3.8, 4) is 11.1 Å². The molecule has 0 aliphatic rings. The lowest BCUT2D eigenvalue weighted by atomic mass is 9.68. The lowest BCUT2D eigenvalue weighted by Crippen LogP contribution is -2.27. The van der Waals surface area contributed by atoms with E-state index in [0.717, 1.165) is 11.3 Å². The van der Waals surface area contributed by atoms with Gasteiger partial charge in [-0.3, -0.25) is 0 Å². The van der Waals surface area contributed by atoms with E-state index in [4.69, 9.17) is 0 Å². The maximum Gasteiger partial charge on any atom is 0.139 e. The van der Waals surface area contributed by atoms with Crippen molar-refractivity contribution >= 4 is 25.9 Å². The van der Waals surface area contributed by atoms with Gasteiger partial charge in [0.2, 0.25) is 0 Å². The van der Waals surface area contributed by atoms with Crippen molar-refractivity contribution in [1.82, 2.24) is 0 Å². The summed E-state index contributed by atoms with van der Waals surface area (Å²) in [5.74, 6) is 0. The Morgan fingerprint density at radius 3 is 2.11 bits per heavy atom. The summed E-state index contributed by atoms with van der Waals surface area (Å²) in [5.41, 5.74) is 6.74. The van der Waals surface area contributed by atoms with Crippen LogP contribution in [0.1, 0.15) is 50.7 Å². The van der Waals surface area contributed by atoms with Gasteiger partial charge < -0.3 is 0 Å². The number of unbranched alkanes of at least 4 members (excludes halogenated alkanes) is 1. The van der Waals surface area contributed by atoms with Crippen LogP contribution in [-0.4, -0.2) is 7.85 Å². The second kappa shape index (κ2) is 8.84. The summed E-state index contributed by atoms with van der Waals surface area (Å²) < 4.78 is 0. The Bertz CT molecular complexity index is 885. The van der Waals surface area contributed by atoms with Gasteiger partial charge in [0.05, 0.1) is 0 Å². The SMILES string of the molecule is Bc1ccc([C@@](CC)(CCCC)c2cccc(-c3cccc(S)c3)c2)cc1. The Morgan fingerprint density at radius 1 is 0.815 bits per heavy atom. The van der Waals surface area contributed by atoms with Gasteiger partial charge >= 0.3 is 0 Å². The van der Waals surface area contributed by atoms with Crippen molar-refractivity contribution < 1.29 is 0 Å². The molecule has 0 nitrogen and oxygen atoms in total. The van der Waals surface area contributed by atoms with Crippen LogP contribution < -0.4 is 5.46 Å². The van der Waals surface area contributed by atoms with Crippen LogP contribution >= 0.6 is 12.6 Å². The summed E-state index contributed by atoms with van der Waals surface area (Å²) in [6.45, 7) is 4.61. The molecule has 0 unspecified atom stereocenters. The van der Waals surface area contributed by atoms with Crippen molar-refractivity contribution in [2.24, 2.45) is 0 Å². The molecular weight excluding hydrogens is 343 g/mol. The summed E-state index contributed by atoms with van der Waals surface area (Å²) >= 11 is 4.52. The number of thiol groups is 1. The van der Waals surface area contributed by atoms with E-state index >= 15 is 0 Å². The third-order valence-electron chi connectivity index (χ3n) is 5.76. The van der Waals surface area contributed by atoms with Gasteiger partial charge in [0, 0.05) is 10.3 Å². The average Bonchev–Trinajstić information content (AvgIpc) is 2.70. The molecule has 3 aromatic carbocycles. The minimum atomic E-state index is 0.0678. The Morgan fingerprint density at radius 2 is 1.48 bits per heavy atom. The van der Waals surface area contributed by atoms with Crippen LogP contribution in [0.15, 0.2) is 77.7 Å². The molecule has 0 saturated carbocycles. The van der Waals surface area contributed by atoms with E-state index in [2.05, 4.69) is 101 Å². The molecule has 1 atom stereocenters. The highest BCUT2D eigenvalue weighted by Crippen LogP contribution is 2.41. The predicted octanol–water partition coefficient (Wildman–Crippen LogP) is 5.79. The standard InChI is InChI=1S/C25H29BS/c1-3-5-16-25(4-2,21-12-14-23(26)15-13-21)22-10-6-8-19(17-22)20-9-7-11-24(27)18-20/h6-15,17-18,27H,3-5,16,26H2,1-2H3/t25-/m1/s1. The molecule has 0 spiro atoms. The molecule has 0 heterocycles. The van der Waals surface area contributed by atoms with Crippen LogP contribution in [-0.2, 0) is 5.41 Å². The summed E-state index contributed by atoms with van der Waals surface area (Å²) in [4.78, 5) is 1.00. The first kappa shape index (κ1) is 19.8. The molecule has 138 valence electrons. The molecule has 0 bridgehead atoms. The topological polar surface area (TPSA) is 0 Å². The van der Waals surface area contributed by atoms with Gasteiger partial charge in [-0.05, 0) is 47.2 Å². The van der Waals surface area contributed by atoms with E-state index in [0.29, 0.717) is 0 Å². The molecule has 27 heavy (non-hydrogen) atoms. The molecule has 3 rings (SSSR count). The van der Waals surface area contributed by atoms with Crippen LogP contribution in [0.25, 0.3) is 11.1 Å². The Hall–Kier alpha value is -1.93. The Labute approximate surface area is 170 Å². The van der Waals surface area contributed by atoms with E-state index in [9.17, 15) is 0 Å². The Kier molecular flexibility index (Phi) is 6.49. The van der Waals surface area contributed by atoms with E-state index in [1.54, 1.807) is 0 Å². The quantitative estimate of drug-likeness (QED) is 0.394. The summed E-state index contributed by atoms with van der Waals surface area (Å²) in [5, 5.41) is 0. The van der Waals surface area contributed by atoms with Crippen LogP contribution in [0.3, 0.4) is 0 Å². The molecule has 0 N–H and O–H groups in total. The monoisotopic (exact) mass is 372 g/mol. The predicted molar refractivity (Wildman–Crippen MR) is 124 cm³/mol. The lowest BCUT2D eigenvalue weighted by Gasteiger charge is -2.35. The second-order valence-electron chi connectivity index (χ2n) is 7.54. The maximum absolute atomic E-state index is 4.52. The number of hydrogen-bond donors (Lipinski definition) is 1. The van der Waals surface area contributed by atoms with Gasteiger partial charge in [-0.2, -0.15) is 0 Å². The Balaban J connectivity index is 2.12. The second-order valence-corrected chi connectivity index (χ2v) is 8.05. The first-order chi connectivity index (χ1) is 13.1. The molecular formula is C25H29BS. The third-order valence-corrected chi connectivity index (χ3v) is 6.04. The van der Waals surface area contributed by atoms with Crippen LogP contribution in [0.4, 0.5) is 0 Å². The van der Waals surface area contributed by atoms with Crippen LogP contribution in [0.5, 0.6) is 0 Å². The van der Waals surface area contributed by atoms with Crippen LogP contribution in [0.2, 0.25) is 0 Å². The van der Waals surface area contributed by atoms with Gasteiger partial charge in [-0.25, -0.2) is 0 Å². The first-order valence-electron chi connectivity index (χ1n) is 10.1. The van der Waals surface area contributed by atoms with Crippen molar-refractivity contribution in [2.45, 2.75) is 49.8 Å². The minimum Gasteiger partial charge on any atom is -0.143 e. The molecule has 3 aromatic rings. The fraction of sp³-hybridized carbons (Fsp3) is 0.280. The van der Waals surface area contributed by atoms with E-state index in [1.807, 2.05) is 6.07 Å². The van der Waals surface area contributed by atoms with Gasteiger partial charge in [0.25, 0.3) is 0 Å². The van der Waals surface area contributed by atoms with Crippen molar-refractivity contribution in [2.75, 3.05) is 0 Å². The fourth-order valence-electron chi connectivity index (χ4n) is 4.07. The van der Waals surface area contributed by atoms with E-state index in [1.165, 1.54) is 47.0 Å².